The number of carbonyl (C=O) groups is 1. The lowest BCUT2D eigenvalue weighted by atomic mass is 9.91. The minimum atomic E-state index is -0.430. The van der Waals surface area contributed by atoms with E-state index < -0.39 is 5.24 Å². The van der Waals surface area contributed by atoms with Crippen molar-refractivity contribution in [3.8, 4) is 5.75 Å². The molecule has 0 saturated carbocycles. The van der Waals surface area contributed by atoms with Gasteiger partial charge in [-0.2, -0.15) is 0 Å². The van der Waals surface area contributed by atoms with Crippen LogP contribution in [0.1, 0.15) is 109 Å². The van der Waals surface area contributed by atoms with Crippen molar-refractivity contribution in [3.63, 3.8) is 0 Å². The first kappa shape index (κ1) is 27.0. The Morgan fingerprint density at radius 3 is 1.60 bits per heavy atom. The van der Waals surface area contributed by atoms with E-state index in [9.17, 15) is 4.79 Å². The molecular formula is C27H45ClO2. The first-order valence-corrected chi connectivity index (χ1v) is 12.6. The normalized spacial score (nSPS) is 14.5. The SMILES string of the molecule is CC(C)CCC[C@@H](C)CCC[C@@H](C)CCCC(C)CCOc1ccc(C(=O)Cl)cc1. The molecule has 0 N–H and O–H groups in total. The summed E-state index contributed by atoms with van der Waals surface area (Å²) in [6.07, 6.45) is 13.4. The van der Waals surface area contributed by atoms with E-state index in [1.54, 1.807) is 12.1 Å². The number of rotatable bonds is 17. The highest BCUT2D eigenvalue weighted by Gasteiger charge is 2.09. The molecule has 3 heteroatoms. The molecule has 30 heavy (non-hydrogen) atoms. The molecule has 1 aromatic rings. The molecule has 0 bridgehead atoms. The molecule has 0 aliphatic rings. The molecule has 2 nitrogen and oxygen atoms in total. The summed E-state index contributed by atoms with van der Waals surface area (Å²) in [6.45, 7) is 12.5. The zero-order valence-corrected chi connectivity index (χ0v) is 20.8. The van der Waals surface area contributed by atoms with Crippen LogP contribution in [0.2, 0.25) is 0 Å². The monoisotopic (exact) mass is 436 g/mol. The van der Waals surface area contributed by atoms with Crippen LogP contribution in [0, 0.1) is 23.7 Å². The summed E-state index contributed by atoms with van der Waals surface area (Å²) in [5.74, 6) is 4.07. The maximum absolute atomic E-state index is 11.1. The zero-order valence-electron chi connectivity index (χ0n) is 20.1. The predicted octanol–water partition coefficient (Wildman–Crippen LogP) is 8.91. The van der Waals surface area contributed by atoms with Crippen molar-refractivity contribution in [1.82, 2.24) is 0 Å². The fourth-order valence-corrected chi connectivity index (χ4v) is 4.12. The van der Waals surface area contributed by atoms with Gasteiger partial charge in [-0.15, -0.1) is 0 Å². The molecule has 0 fully saturated rings. The third kappa shape index (κ3) is 13.3. The number of halogens is 1. The van der Waals surface area contributed by atoms with E-state index in [1.165, 1.54) is 57.8 Å². The third-order valence-corrected chi connectivity index (χ3v) is 6.44. The Labute approximate surface area is 191 Å². The summed E-state index contributed by atoms with van der Waals surface area (Å²) in [7, 11) is 0. The fourth-order valence-electron chi connectivity index (χ4n) is 4.00. The lowest BCUT2D eigenvalue weighted by molar-refractivity contribution is 0.108. The number of hydrogen-bond acceptors (Lipinski definition) is 2. The van der Waals surface area contributed by atoms with E-state index in [0.717, 1.165) is 36.5 Å². The predicted molar refractivity (Wildman–Crippen MR) is 131 cm³/mol. The molecule has 0 saturated heterocycles. The topological polar surface area (TPSA) is 26.3 Å². The summed E-state index contributed by atoms with van der Waals surface area (Å²) < 4.78 is 5.80. The Hall–Kier alpha value is -1.02. The minimum Gasteiger partial charge on any atom is -0.494 e. The molecule has 172 valence electrons. The van der Waals surface area contributed by atoms with Gasteiger partial charge in [-0.1, -0.05) is 92.4 Å². The van der Waals surface area contributed by atoms with Crippen LogP contribution < -0.4 is 4.74 Å². The molecule has 0 heterocycles. The van der Waals surface area contributed by atoms with Gasteiger partial charge in [0, 0.05) is 5.56 Å². The van der Waals surface area contributed by atoms with E-state index in [1.807, 2.05) is 12.1 Å². The molecule has 0 amide bonds. The molecule has 0 spiro atoms. The van der Waals surface area contributed by atoms with Gasteiger partial charge in [-0.05, 0) is 66.0 Å². The summed E-state index contributed by atoms with van der Waals surface area (Å²) >= 11 is 5.46. The molecule has 0 aliphatic heterocycles. The third-order valence-electron chi connectivity index (χ3n) is 6.23. The van der Waals surface area contributed by atoms with E-state index in [4.69, 9.17) is 16.3 Å². The fraction of sp³-hybridized carbons (Fsp3) is 0.741. The second-order valence-corrected chi connectivity index (χ2v) is 10.3. The summed E-state index contributed by atoms with van der Waals surface area (Å²) in [6, 6.07) is 7.05. The van der Waals surface area contributed by atoms with Gasteiger partial charge >= 0.3 is 0 Å². The summed E-state index contributed by atoms with van der Waals surface area (Å²) in [5.41, 5.74) is 0.507. The van der Waals surface area contributed by atoms with Gasteiger partial charge in [-0.3, -0.25) is 4.79 Å². The Morgan fingerprint density at radius 2 is 1.17 bits per heavy atom. The van der Waals surface area contributed by atoms with Crippen molar-refractivity contribution in [2.24, 2.45) is 23.7 Å². The number of hydrogen-bond donors (Lipinski definition) is 0. The second-order valence-electron chi connectivity index (χ2n) is 9.94. The van der Waals surface area contributed by atoms with Crippen LogP contribution in [0.4, 0.5) is 0 Å². The van der Waals surface area contributed by atoms with Crippen molar-refractivity contribution in [3.05, 3.63) is 29.8 Å². The zero-order chi connectivity index (χ0) is 22.4. The van der Waals surface area contributed by atoms with Crippen LogP contribution in [0.15, 0.2) is 24.3 Å². The molecule has 3 atom stereocenters. The van der Waals surface area contributed by atoms with Gasteiger partial charge in [-0.25, -0.2) is 0 Å². The standard InChI is InChI=1S/C27H45ClO2/c1-21(2)9-6-10-22(3)11-7-12-23(4)13-8-14-24(5)19-20-30-26-17-15-25(16-18-26)27(28)29/h15-18,21-24H,6-14,19-20H2,1-5H3/t22-,23-,24?/m1/s1. The smallest absolute Gasteiger partial charge is 0.252 e. The first-order valence-electron chi connectivity index (χ1n) is 12.2. The maximum atomic E-state index is 11.1. The molecule has 0 aromatic heterocycles. The van der Waals surface area contributed by atoms with Gasteiger partial charge in [0.05, 0.1) is 6.61 Å². The van der Waals surface area contributed by atoms with Gasteiger partial charge in [0.25, 0.3) is 5.24 Å². The highest BCUT2D eigenvalue weighted by Crippen LogP contribution is 2.23. The van der Waals surface area contributed by atoms with Crippen molar-refractivity contribution < 1.29 is 9.53 Å². The Bertz CT molecular complexity index is 567. The molecule has 1 unspecified atom stereocenters. The Kier molecular flexibility index (Phi) is 14.2. The van der Waals surface area contributed by atoms with Crippen molar-refractivity contribution in [2.45, 2.75) is 98.8 Å². The Balaban J connectivity index is 2.04. The quantitative estimate of drug-likeness (QED) is 0.228. The van der Waals surface area contributed by atoms with Crippen LogP contribution in [0.5, 0.6) is 5.75 Å². The van der Waals surface area contributed by atoms with Crippen LogP contribution in [-0.4, -0.2) is 11.8 Å². The highest BCUT2D eigenvalue weighted by molar-refractivity contribution is 6.67. The molecule has 1 aromatic carbocycles. The van der Waals surface area contributed by atoms with Crippen LogP contribution in [0.3, 0.4) is 0 Å². The number of benzene rings is 1. The number of carbonyl (C=O) groups excluding carboxylic acids is 1. The van der Waals surface area contributed by atoms with Gasteiger partial charge < -0.3 is 4.74 Å². The average molecular weight is 437 g/mol. The van der Waals surface area contributed by atoms with Crippen LogP contribution in [-0.2, 0) is 0 Å². The molecule has 0 radical (unpaired) electrons. The van der Waals surface area contributed by atoms with E-state index in [-0.39, 0.29) is 0 Å². The largest absolute Gasteiger partial charge is 0.494 e. The van der Waals surface area contributed by atoms with Crippen molar-refractivity contribution >= 4 is 16.8 Å². The lowest BCUT2D eigenvalue weighted by Gasteiger charge is -2.16. The van der Waals surface area contributed by atoms with Gasteiger partial charge in [0.2, 0.25) is 0 Å². The Morgan fingerprint density at radius 1 is 0.733 bits per heavy atom. The summed E-state index contributed by atoms with van der Waals surface area (Å²) in [5, 5.41) is -0.430. The van der Waals surface area contributed by atoms with Gasteiger partial charge in [0.15, 0.2) is 0 Å². The first-order chi connectivity index (χ1) is 14.3. The minimum absolute atomic E-state index is 0.430. The molecule has 0 aliphatic carbocycles. The van der Waals surface area contributed by atoms with Crippen molar-refractivity contribution in [2.75, 3.05) is 6.61 Å². The van der Waals surface area contributed by atoms with Crippen LogP contribution >= 0.6 is 11.6 Å². The van der Waals surface area contributed by atoms with Crippen molar-refractivity contribution in [1.29, 1.82) is 0 Å². The maximum Gasteiger partial charge on any atom is 0.252 e. The van der Waals surface area contributed by atoms with Gasteiger partial charge in [0.1, 0.15) is 5.75 Å². The molecule has 1 rings (SSSR count). The van der Waals surface area contributed by atoms with E-state index >= 15 is 0 Å². The highest BCUT2D eigenvalue weighted by atomic mass is 35.5. The van der Waals surface area contributed by atoms with E-state index in [0.29, 0.717) is 11.5 Å². The number of ether oxygens (including phenoxy) is 1. The average Bonchev–Trinajstić information content (AvgIpc) is 2.68. The molecular weight excluding hydrogens is 392 g/mol. The van der Waals surface area contributed by atoms with E-state index in [2.05, 4.69) is 34.6 Å². The second kappa shape index (κ2) is 15.7. The summed E-state index contributed by atoms with van der Waals surface area (Å²) in [4.78, 5) is 11.1. The van der Waals surface area contributed by atoms with Crippen LogP contribution in [0.25, 0.3) is 0 Å². The lowest BCUT2D eigenvalue weighted by Crippen LogP contribution is -2.05.